The number of benzene rings is 1. The van der Waals surface area contributed by atoms with Crippen LogP contribution in [0.15, 0.2) is 24.3 Å². The Balaban J connectivity index is 2.74. The Kier molecular flexibility index (Phi) is 4.10. The Morgan fingerprint density at radius 2 is 2.08 bits per heavy atom. The number of alkyl halides is 1. The average Bonchev–Trinajstić information content (AvgIpc) is 2.18. The van der Waals surface area contributed by atoms with E-state index in [1.54, 1.807) is 7.11 Å². The van der Waals surface area contributed by atoms with Gasteiger partial charge in [0.15, 0.2) is 0 Å². The average molecular weight is 199 g/mol. The molecule has 2 heteroatoms. The van der Waals surface area contributed by atoms with Crippen molar-refractivity contribution in [1.82, 2.24) is 0 Å². The Labute approximate surface area is 84.7 Å². The van der Waals surface area contributed by atoms with Crippen molar-refractivity contribution in [3.05, 3.63) is 29.8 Å². The third kappa shape index (κ3) is 2.92. The maximum absolute atomic E-state index is 5.76. The molecule has 0 aliphatic heterocycles. The van der Waals surface area contributed by atoms with Gasteiger partial charge in [0.05, 0.1) is 7.11 Å². The maximum Gasteiger partial charge on any atom is 0.122 e. The summed E-state index contributed by atoms with van der Waals surface area (Å²) in [5.74, 6) is 2.15. The van der Waals surface area contributed by atoms with Gasteiger partial charge in [-0.2, -0.15) is 0 Å². The molecular weight excluding hydrogens is 184 g/mol. The van der Waals surface area contributed by atoms with Crippen molar-refractivity contribution >= 4 is 11.6 Å². The van der Waals surface area contributed by atoms with E-state index in [-0.39, 0.29) is 0 Å². The van der Waals surface area contributed by atoms with Gasteiger partial charge in [-0.15, -0.1) is 11.6 Å². The highest BCUT2D eigenvalue weighted by atomic mass is 35.5. The molecule has 1 aromatic carbocycles. The summed E-state index contributed by atoms with van der Waals surface area (Å²) in [4.78, 5) is 0. The van der Waals surface area contributed by atoms with Crippen LogP contribution >= 0.6 is 11.6 Å². The zero-order chi connectivity index (χ0) is 9.68. The number of methoxy groups -OCH3 is 1. The van der Waals surface area contributed by atoms with Gasteiger partial charge in [0.25, 0.3) is 0 Å². The highest BCUT2D eigenvalue weighted by Crippen LogP contribution is 2.20. The van der Waals surface area contributed by atoms with Crippen molar-refractivity contribution in [3.63, 3.8) is 0 Å². The van der Waals surface area contributed by atoms with Crippen LogP contribution in [0.2, 0.25) is 0 Å². The van der Waals surface area contributed by atoms with Crippen LogP contribution in [0.1, 0.15) is 12.5 Å². The molecule has 72 valence electrons. The van der Waals surface area contributed by atoms with Crippen molar-refractivity contribution in [3.8, 4) is 5.75 Å². The lowest BCUT2D eigenvalue weighted by molar-refractivity contribution is 0.407. The van der Waals surface area contributed by atoms with Crippen molar-refractivity contribution in [2.75, 3.05) is 13.0 Å². The molecule has 0 spiro atoms. The predicted octanol–water partition coefficient (Wildman–Crippen LogP) is 3.11. The van der Waals surface area contributed by atoms with E-state index in [2.05, 4.69) is 13.0 Å². The zero-order valence-electron chi connectivity index (χ0n) is 8.09. The van der Waals surface area contributed by atoms with Crippen LogP contribution in [0, 0.1) is 5.92 Å². The van der Waals surface area contributed by atoms with Gasteiger partial charge in [0.1, 0.15) is 5.75 Å². The molecule has 0 N–H and O–H groups in total. The molecule has 0 bridgehead atoms. The summed E-state index contributed by atoms with van der Waals surface area (Å²) in [5.41, 5.74) is 1.23. The first-order valence-corrected chi connectivity index (χ1v) is 4.99. The highest BCUT2D eigenvalue weighted by molar-refractivity contribution is 6.18. The number of ether oxygens (including phenoxy) is 1. The Morgan fingerprint density at radius 1 is 1.38 bits per heavy atom. The first-order valence-electron chi connectivity index (χ1n) is 4.45. The summed E-state index contributed by atoms with van der Waals surface area (Å²) in [7, 11) is 1.70. The van der Waals surface area contributed by atoms with Crippen molar-refractivity contribution in [1.29, 1.82) is 0 Å². The van der Waals surface area contributed by atoms with Gasteiger partial charge in [0, 0.05) is 5.88 Å². The summed E-state index contributed by atoms with van der Waals surface area (Å²) in [6, 6.07) is 8.07. The van der Waals surface area contributed by atoms with E-state index in [1.807, 2.05) is 18.2 Å². The standard InChI is InChI=1S/C11H15ClO/c1-9(8-12)7-10-5-3-4-6-11(10)13-2/h3-6,9H,7-8H2,1-2H3. The molecule has 0 saturated heterocycles. The molecule has 0 fully saturated rings. The van der Waals surface area contributed by atoms with Crippen molar-refractivity contribution < 1.29 is 4.74 Å². The van der Waals surface area contributed by atoms with Crippen LogP contribution in [0.5, 0.6) is 5.75 Å². The predicted molar refractivity (Wildman–Crippen MR) is 56.6 cm³/mol. The molecule has 0 aliphatic rings. The van der Waals surface area contributed by atoms with Crippen LogP contribution in [0.3, 0.4) is 0 Å². The molecule has 0 saturated carbocycles. The summed E-state index contributed by atoms with van der Waals surface area (Å²) in [6.45, 7) is 2.14. The van der Waals surface area contributed by atoms with E-state index in [0.29, 0.717) is 11.8 Å². The number of rotatable bonds is 4. The SMILES string of the molecule is COc1ccccc1CC(C)CCl. The normalized spacial score (nSPS) is 12.5. The Bertz CT molecular complexity index is 260. The van der Waals surface area contributed by atoms with Crippen LogP contribution in [0.25, 0.3) is 0 Å². The summed E-state index contributed by atoms with van der Waals surface area (Å²) in [6.07, 6.45) is 0.980. The van der Waals surface area contributed by atoms with Gasteiger partial charge < -0.3 is 4.74 Å². The van der Waals surface area contributed by atoms with Crippen LogP contribution in [0.4, 0.5) is 0 Å². The monoisotopic (exact) mass is 198 g/mol. The van der Waals surface area contributed by atoms with Crippen molar-refractivity contribution in [2.45, 2.75) is 13.3 Å². The van der Waals surface area contributed by atoms with Crippen LogP contribution in [-0.4, -0.2) is 13.0 Å². The van der Waals surface area contributed by atoms with Gasteiger partial charge in [-0.1, -0.05) is 25.1 Å². The molecule has 1 rings (SSSR count). The fraction of sp³-hybridized carbons (Fsp3) is 0.455. The second-order valence-electron chi connectivity index (χ2n) is 3.28. The molecular formula is C11H15ClO. The van der Waals surface area contributed by atoms with Crippen LogP contribution < -0.4 is 4.74 Å². The number of halogens is 1. The second-order valence-corrected chi connectivity index (χ2v) is 3.58. The Hall–Kier alpha value is -0.690. The number of hydrogen-bond acceptors (Lipinski definition) is 1. The molecule has 1 atom stereocenters. The molecule has 0 amide bonds. The summed E-state index contributed by atoms with van der Waals surface area (Å²) in [5, 5.41) is 0. The van der Waals surface area contributed by atoms with Crippen molar-refractivity contribution in [2.24, 2.45) is 5.92 Å². The minimum atomic E-state index is 0.498. The molecule has 1 nitrogen and oxygen atoms in total. The minimum absolute atomic E-state index is 0.498. The van der Waals surface area contributed by atoms with Gasteiger partial charge in [-0.3, -0.25) is 0 Å². The molecule has 13 heavy (non-hydrogen) atoms. The van der Waals surface area contributed by atoms with E-state index in [9.17, 15) is 0 Å². The molecule has 0 heterocycles. The largest absolute Gasteiger partial charge is 0.496 e. The summed E-state index contributed by atoms with van der Waals surface area (Å²) >= 11 is 5.76. The molecule has 0 aromatic heterocycles. The quantitative estimate of drug-likeness (QED) is 0.676. The van der Waals surface area contributed by atoms with Crippen LogP contribution in [-0.2, 0) is 6.42 Å². The molecule has 1 unspecified atom stereocenters. The highest BCUT2D eigenvalue weighted by Gasteiger charge is 2.06. The van der Waals surface area contributed by atoms with E-state index in [4.69, 9.17) is 16.3 Å². The van der Waals surface area contributed by atoms with E-state index in [1.165, 1.54) is 5.56 Å². The minimum Gasteiger partial charge on any atom is -0.496 e. The third-order valence-corrected chi connectivity index (χ3v) is 2.55. The van der Waals surface area contributed by atoms with E-state index >= 15 is 0 Å². The third-order valence-electron chi connectivity index (χ3n) is 2.02. The van der Waals surface area contributed by atoms with Gasteiger partial charge >= 0.3 is 0 Å². The summed E-state index contributed by atoms with van der Waals surface area (Å²) < 4.78 is 5.25. The van der Waals surface area contributed by atoms with Gasteiger partial charge in [0.2, 0.25) is 0 Å². The maximum atomic E-state index is 5.76. The van der Waals surface area contributed by atoms with E-state index in [0.717, 1.165) is 12.2 Å². The molecule has 0 aliphatic carbocycles. The smallest absolute Gasteiger partial charge is 0.122 e. The zero-order valence-corrected chi connectivity index (χ0v) is 8.84. The molecule has 1 aromatic rings. The topological polar surface area (TPSA) is 9.23 Å². The fourth-order valence-corrected chi connectivity index (χ4v) is 1.41. The lowest BCUT2D eigenvalue weighted by Gasteiger charge is -2.11. The first kappa shape index (κ1) is 10.4. The number of hydrogen-bond donors (Lipinski definition) is 0. The Morgan fingerprint density at radius 3 is 2.69 bits per heavy atom. The second kappa shape index (κ2) is 5.13. The molecule has 0 radical (unpaired) electrons. The number of para-hydroxylation sites is 1. The van der Waals surface area contributed by atoms with Gasteiger partial charge in [-0.05, 0) is 24.0 Å². The van der Waals surface area contributed by atoms with Gasteiger partial charge in [-0.25, -0.2) is 0 Å². The lowest BCUT2D eigenvalue weighted by Crippen LogP contribution is -2.02. The fourth-order valence-electron chi connectivity index (χ4n) is 1.30. The lowest BCUT2D eigenvalue weighted by atomic mass is 10.0. The first-order chi connectivity index (χ1) is 6.27. The van der Waals surface area contributed by atoms with E-state index < -0.39 is 0 Å².